The van der Waals surface area contributed by atoms with E-state index in [1.807, 2.05) is 25.4 Å². The molecule has 1 heterocycles. The van der Waals surface area contributed by atoms with E-state index in [1.54, 1.807) is 10.9 Å². The number of aromatic nitrogens is 2. The summed E-state index contributed by atoms with van der Waals surface area (Å²) in [6.07, 6.45) is 4.74. The zero-order valence-corrected chi connectivity index (χ0v) is 14.0. The van der Waals surface area contributed by atoms with E-state index in [1.165, 1.54) is 5.56 Å². The number of halogens is 1. The third-order valence-electron chi connectivity index (χ3n) is 2.82. The second-order valence-corrected chi connectivity index (χ2v) is 4.40. The van der Waals surface area contributed by atoms with Gasteiger partial charge < -0.3 is 11.1 Å². The highest BCUT2D eigenvalue weighted by atomic mass is 127. The molecule has 20 heavy (non-hydrogen) atoms. The minimum atomic E-state index is 0. The van der Waals surface area contributed by atoms with Crippen LogP contribution in [0.4, 0.5) is 5.69 Å². The van der Waals surface area contributed by atoms with Gasteiger partial charge in [0.25, 0.3) is 0 Å². The van der Waals surface area contributed by atoms with Gasteiger partial charge >= 0.3 is 0 Å². The fourth-order valence-electron chi connectivity index (χ4n) is 1.74. The summed E-state index contributed by atoms with van der Waals surface area (Å²) in [7, 11) is 1.88. The molecule has 5 nitrogen and oxygen atoms in total. The first kappa shape index (κ1) is 16.5. The first-order valence-corrected chi connectivity index (χ1v) is 6.31. The lowest BCUT2D eigenvalue weighted by molar-refractivity contribution is 0.767. The van der Waals surface area contributed by atoms with Crippen LogP contribution in [0, 0.1) is 0 Å². The van der Waals surface area contributed by atoms with Crippen LogP contribution in [0.3, 0.4) is 0 Å². The van der Waals surface area contributed by atoms with E-state index in [-0.39, 0.29) is 24.0 Å². The van der Waals surface area contributed by atoms with Crippen LogP contribution < -0.4 is 11.1 Å². The van der Waals surface area contributed by atoms with E-state index >= 15 is 0 Å². The fourth-order valence-corrected chi connectivity index (χ4v) is 1.74. The molecule has 1 aromatic carbocycles. The molecule has 0 unspecified atom stereocenters. The molecule has 2 rings (SSSR count). The maximum Gasteiger partial charge on any atom is 0.193 e. The number of rotatable bonds is 4. The van der Waals surface area contributed by atoms with Gasteiger partial charge in [0, 0.05) is 24.5 Å². The van der Waals surface area contributed by atoms with Crippen molar-refractivity contribution < 1.29 is 0 Å². The van der Waals surface area contributed by atoms with Crippen molar-refractivity contribution in [2.45, 2.75) is 19.9 Å². The largest absolute Gasteiger partial charge is 0.370 e. The van der Waals surface area contributed by atoms with Gasteiger partial charge in [-0.1, -0.05) is 19.1 Å². The quantitative estimate of drug-likeness (QED) is 0.483. The van der Waals surface area contributed by atoms with E-state index in [9.17, 15) is 0 Å². The third kappa shape index (κ3) is 4.84. The Labute approximate surface area is 136 Å². The zero-order valence-electron chi connectivity index (χ0n) is 11.7. The molecular formula is C14H20IN5. The number of aryl methyl sites for hydroxylation is 2. The lowest BCUT2D eigenvalue weighted by Crippen LogP contribution is -2.22. The number of guanidine groups is 1. The van der Waals surface area contributed by atoms with Crippen molar-refractivity contribution in [3.05, 3.63) is 47.8 Å². The van der Waals surface area contributed by atoms with Crippen LogP contribution in [-0.2, 0) is 20.0 Å². The van der Waals surface area contributed by atoms with E-state index < -0.39 is 0 Å². The van der Waals surface area contributed by atoms with E-state index in [4.69, 9.17) is 5.73 Å². The van der Waals surface area contributed by atoms with Crippen molar-refractivity contribution in [1.29, 1.82) is 0 Å². The third-order valence-corrected chi connectivity index (χ3v) is 2.82. The Kier molecular flexibility index (Phi) is 6.50. The van der Waals surface area contributed by atoms with Gasteiger partial charge in [-0.2, -0.15) is 5.10 Å². The number of hydrogen-bond acceptors (Lipinski definition) is 2. The second kappa shape index (κ2) is 7.88. The molecule has 108 valence electrons. The Morgan fingerprint density at radius 2 is 2.00 bits per heavy atom. The smallest absolute Gasteiger partial charge is 0.193 e. The normalized spacial score (nSPS) is 11.0. The molecule has 3 N–H and O–H groups in total. The highest BCUT2D eigenvalue weighted by molar-refractivity contribution is 14.0. The first-order valence-electron chi connectivity index (χ1n) is 6.31. The van der Waals surface area contributed by atoms with Gasteiger partial charge in [-0.05, 0) is 24.1 Å². The van der Waals surface area contributed by atoms with Crippen molar-refractivity contribution in [2.75, 3.05) is 5.32 Å². The summed E-state index contributed by atoms with van der Waals surface area (Å²) in [4.78, 5) is 4.28. The molecule has 0 atom stereocenters. The average molecular weight is 385 g/mol. The molecular weight excluding hydrogens is 365 g/mol. The van der Waals surface area contributed by atoms with Gasteiger partial charge in [-0.3, -0.25) is 4.68 Å². The molecule has 0 spiro atoms. The summed E-state index contributed by atoms with van der Waals surface area (Å²) in [5.74, 6) is 0.410. The lowest BCUT2D eigenvalue weighted by Gasteiger charge is -2.06. The number of benzene rings is 1. The summed E-state index contributed by atoms with van der Waals surface area (Å²) in [6, 6.07) is 8.17. The average Bonchev–Trinajstić information content (AvgIpc) is 2.83. The van der Waals surface area contributed by atoms with Crippen LogP contribution in [0.2, 0.25) is 0 Å². The van der Waals surface area contributed by atoms with Crippen molar-refractivity contribution >= 4 is 35.6 Å². The summed E-state index contributed by atoms with van der Waals surface area (Å²) in [5, 5.41) is 7.15. The molecule has 0 saturated carbocycles. The van der Waals surface area contributed by atoms with Gasteiger partial charge in [0.15, 0.2) is 5.96 Å². The van der Waals surface area contributed by atoms with Crippen molar-refractivity contribution in [3.63, 3.8) is 0 Å². The molecule has 0 aliphatic rings. The second-order valence-electron chi connectivity index (χ2n) is 4.40. The van der Waals surface area contributed by atoms with Gasteiger partial charge in [0.1, 0.15) is 0 Å². The minimum Gasteiger partial charge on any atom is -0.370 e. The Bertz CT molecular complexity index is 559. The Morgan fingerprint density at radius 3 is 2.55 bits per heavy atom. The molecule has 0 aliphatic heterocycles. The monoisotopic (exact) mass is 385 g/mol. The van der Waals surface area contributed by atoms with Gasteiger partial charge in [-0.25, -0.2) is 4.99 Å². The van der Waals surface area contributed by atoms with Gasteiger partial charge in [0.05, 0.1) is 12.7 Å². The van der Waals surface area contributed by atoms with Gasteiger partial charge in [0.2, 0.25) is 0 Å². The van der Waals surface area contributed by atoms with E-state index in [0.29, 0.717) is 12.5 Å². The minimum absolute atomic E-state index is 0. The highest BCUT2D eigenvalue weighted by Gasteiger charge is 1.97. The molecule has 0 fully saturated rings. The van der Waals surface area contributed by atoms with E-state index in [2.05, 4.69) is 34.5 Å². The molecule has 0 amide bonds. The molecule has 6 heteroatoms. The SMILES string of the molecule is CCc1ccc(NC(N)=NCc2cnn(C)c2)cc1.I. The van der Waals surface area contributed by atoms with Crippen LogP contribution in [0.15, 0.2) is 41.7 Å². The summed E-state index contributed by atoms with van der Waals surface area (Å²) in [5.41, 5.74) is 9.13. The molecule has 0 saturated heterocycles. The maximum atomic E-state index is 5.84. The predicted molar refractivity (Wildman–Crippen MR) is 93.4 cm³/mol. The molecule has 0 radical (unpaired) electrons. The number of anilines is 1. The van der Waals surface area contributed by atoms with Crippen molar-refractivity contribution in [2.24, 2.45) is 17.8 Å². The Hall–Kier alpha value is -1.57. The molecule has 0 bridgehead atoms. The van der Waals surface area contributed by atoms with E-state index in [0.717, 1.165) is 17.7 Å². The number of nitrogens with two attached hydrogens (primary N) is 1. The van der Waals surface area contributed by atoms with Crippen LogP contribution >= 0.6 is 24.0 Å². The summed E-state index contributed by atoms with van der Waals surface area (Å²) < 4.78 is 1.75. The highest BCUT2D eigenvalue weighted by Crippen LogP contribution is 2.09. The summed E-state index contributed by atoms with van der Waals surface area (Å²) >= 11 is 0. The van der Waals surface area contributed by atoms with Crippen LogP contribution in [0.1, 0.15) is 18.1 Å². The Balaban J connectivity index is 0.00000200. The number of nitrogens with zero attached hydrogens (tertiary/aromatic N) is 3. The van der Waals surface area contributed by atoms with Crippen LogP contribution in [-0.4, -0.2) is 15.7 Å². The zero-order chi connectivity index (χ0) is 13.7. The molecule has 2 aromatic rings. The molecule has 1 aromatic heterocycles. The number of hydrogen-bond donors (Lipinski definition) is 2. The Morgan fingerprint density at radius 1 is 1.30 bits per heavy atom. The van der Waals surface area contributed by atoms with Crippen LogP contribution in [0.5, 0.6) is 0 Å². The number of nitrogens with one attached hydrogen (secondary N) is 1. The van der Waals surface area contributed by atoms with Gasteiger partial charge in [-0.15, -0.1) is 24.0 Å². The number of aliphatic imine (C=N–C) groups is 1. The maximum absolute atomic E-state index is 5.84. The summed E-state index contributed by atoms with van der Waals surface area (Å²) in [6.45, 7) is 2.66. The lowest BCUT2D eigenvalue weighted by atomic mass is 10.1. The van der Waals surface area contributed by atoms with Crippen LogP contribution in [0.25, 0.3) is 0 Å². The topological polar surface area (TPSA) is 68.2 Å². The van der Waals surface area contributed by atoms with Crippen molar-refractivity contribution in [1.82, 2.24) is 9.78 Å². The predicted octanol–water partition coefficient (Wildman–Crippen LogP) is 2.53. The molecule has 0 aliphatic carbocycles. The standard InChI is InChI=1S/C14H19N5.HI/c1-3-11-4-6-13(7-5-11)18-14(15)16-8-12-9-17-19(2)10-12;/h4-7,9-10H,3,8H2,1-2H3,(H3,15,16,18);1H. The first-order chi connectivity index (χ1) is 9.17. The van der Waals surface area contributed by atoms with Crippen molar-refractivity contribution in [3.8, 4) is 0 Å². The fraction of sp³-hybridized carbons (Fsp3) is 0.286.